The van der Waals surface area contributed by atoms with Gasteiger partial charge in [-0.2, -0.15) is 4.52 Å². The van der Waals surface area contributed by atoms with Crippen LogP contribution in [0.15, 0.2) is 39.3 Å². The van der Waals surface area contributed by atoms with Gasteiger partial charge in [0, 0.05) is 27.2 Å². The fourth-order valence-electron chi connectivity index (χ4n) is 2.65. The highest BCUT2D eigenvalue weighted by Gasteiger charge is 2.19. The number of rotatable bonds is 5. The molecular weight excluding hydrogens is 414 g/mol. The summed E-state index contributed by atoms with van der Waals surface area (Å²) in [6, 6.07) is 9.47. The third-order valence-electron chi connectivity index (χ3n) is 4.32. The van der Waals surface area contributed by atoms with E-state index in [2.05, 4.69) is 36.4 Å². The number of hydrogen-bond donors (Lipinski definition) is 1. The molecule has 4 aromatic rings. The molecule has 0 radical (unpaired) electrons. The summed E-state index contributed by atoms with van der Waals surface area (Å²) >= 11 is 3.52. The standard InChI is InChI=1S/C18H16BrN5O3/c1-10-11(2)18(26-9-12-5-3-4-6-14(12)19)22-24-16(10)20-21-17(24)15-7-13(8-25)27-23-15/h3-7,25H,8-9H2,1-2H3. The number of aryl methyl sites for hydroxylation is 1. The average Bonchev–Trinajstić information content (AvgIpc) is 3.31. The second kappa shape index (κ2) is 7.09. The van der Waals surface area contributed by atoms with Gasteiger partial charge in [-0.05, 0) is 19.9 Å². The SMILES string of the molecule is Cc1c(OCc2ccccc2Br)nn2c(-c3cc(CO)on3)nnc2c1C. The number of aliphatic hydroxyl groups excluding tert-OH is 1. The Bertz CT molecular complexity index is 1120. The lowest BCUT2D eigenvalue weighted by Crippen LogP contribution is -2.06. The molecule has 1 N–H and O–H groups in total. The predicted octanol–water partition coefficient (Wildman–Crippen LogP) is 3.23. The lowest BCUT2D eigenvalue weighted by molar-refractivity contribution is 0.229. The van der Waals surface area contributed by atoms with E-state index in [4.69, 9.17) is 9.26 Å². The Kier molecular flexibility index (Phi) is 4.63. The van der Waals surface area contributed by atoms with Gasteiger partial charge >= 0.3 is 0 Å². The van der Waals surface area contributed by atoms with Crippen LogP contribution in [-0.4, -0.2) is 30.1 Å². The molecule has 0 atom stereocenters. The van der Waals surface area contributed by atoms with E-state index in [1.165, 1.54) is 0 Å². The van der Waals surface area contributed by atoms with E-state index < -0.39 is 0 Å². The Morgan fingerprint density at radius 2 is 2.00 bits per heavy atom. The summed E-state index contributed by atoms with van der Waals surface area (Å²) in [4.78, 5) is 0. The van der Waals surface area contributed by atoms with Crippen molar-refractivity contribution in [3.8, 4) is 17.4 Å². The molecule has 1 aromatic carbocycles. The van der Waals surface area contributed by atoms with Gasteiger partial charge in [0.05, 0.1) is 0 Å². The molecule has 0 aliphatic heterocycles. The van der Waals surface area contributed by atoms with Gasteiger partial charge in [-0.1, -0.05) is 39.3 Å². The second-order valence-corrected chi connectivity index (χ2v) is 6.89. The van der Waals surface area contributed by atoms with Gasteiger partial charge in [-0.3, -0.25) is 0 Å². The van der Waals surface area contributed by atoms with Crippen molar-refractivity contribution < 1.29 is 14.4 Å². The monoisotopic (exact) mass is 429 g/mol. The second-order valence-electron chi connectivity index (χ2n) is 6.03. The van der Waals surface area contributed by atoms with Gasteiger partial charge in [-0.25, -0.2) is 0 Å². The molecular formula is C18H16BrN5O3. The molecule has 8 nitrogen and oxygen atoms in total. The van der Waals surface area contributed by atoms with Gasteiger partial charge in [0.15, 0.2) is 17.1 Å². The van der Waals surface area contributed by atoms with E-state index in [0.717, 1.165) is 21.2 Å². The van der Waals surface area contributed by atoms with Crippen LogP contribution in [0.25, 0.3) is 17.2 Å². The summed E-state index contributed by atoms with van der Waals surface area (Å²) in [5, 5.41) is 26.0. The summed E-state index contributed by atoms with van der Waals surface area (Å²) < 4.78 is 13.6. The molecule has 9 heteroatoms. The van der Waals surface area contributed by atoms with Crippen molar-refractivity contribution >= 4 is 21.6 Å². The molecule has 4 rings (SSSR count). The van der Waals surface area contributed by atoms with E-state index in [0.29, 0.717) is 35.4 Å². The van der Waals surface area contributed by atoms with E-state index in [1.807, 2.05) is 38.1 Å². The lowest BCUT2D eigenvalue weighted by Gasteiger charge is -2.12. The number of ether oxygens (including phenoxy) is 1. The van der Waals surface area contributed by atoms with Crippen molar-refractivity contribution in [1.29, 1.82) is 0 Å². The highest BCUT2D eigenvalue weighted by Crippen LogP contribution is 2.26. The van der Waals surface area contributed by atoms with Crippen LogP contribution in [-0.2, 0) is 13.2 Å². The third-order valence-corrected chi connectivity index (χ3v) is 5.09. The minimum absolute atomic E-state index is 0.240. The summed E-state index contributed by atoms with van der Waals surface area (Å²) in [6.07, 6.45) is 0. The first-order chi connectivity index (χ1) is 13.1. The Morgan fingerprint density at radius 3 is 2.74 bits per heavy atom. The molecule has 138 valence electrons. The number of aliphatic hydroxyl groups is 1. The average molecular weight is 430 g/mol. The highest BCUT2D eigenvalue weighted by molar-refractivity contribution is 9.10. The molecule has 0 aliphatic rings. The molecule has 0 aliphatic carbocycles. The van der Waals surface area contributed by atoms with Crippen LogP contribution in [0.1, 0.15) is 22.5 Å². The topological polar surface area (TPSA) is 98.6 Å². The van der Waals surface area contributed by atoms with Crippen molar-refractivity contribution in [2.24, 2.45) is 0 Å². The molecule has 3 aromatic heterocycles. The van der Waals surface area contributed by atoms with Crippen LogP contribution in [0.5, 0.6) is 5.88 Å². The summed E-state index contributed by atoms with van der Waals surface area (Å²) in [5.74, 6) is 1.25. The van der Waals surface area contributed by atoms with Crippen molar-refractivity contribution in [3.63, 3.8) is 0 Å². The van der Waals surface area contributed by atoms with Crippen LogP contribution < -0.4 is 4.74 Å². The van der Waals surface area contributed by atoms with E-state index >= 15 is 0 Å². The maximum Gasteiger partial charge on any atom is 0.235 e. The number of benzene rings is 1. The summed E-state index contributed by atoms with van der Waals surface area (Å²) in [6.45, 7) is 4.01. The first-order valence-corrected chi connectivity index (χ1v) is 9.03. The smallest absolute Gasteiger partial charge is 0.235 e. The van der Waals surface area contributed by atoms with Crippen LogP contribution in [0.4, 0.5) is 0 Å². The molecule has 0 bridgehead atoms. The minimum atomic E-state index is -0.240. The number of halogens is 1. The van der Waals surface area contributed by atoms with Gasteiger partial charge in [0.25, 0.3) is 0 Å². The molecule has 0 amide bonds. The molecule has 0 saturated heterocycles. The molecule has 0 spiro atoms. The zero-order valence-electron chi connectivity index (χ0n) is 14.7. The maximum atomic E-state index is 9.17. The van der Waals surface area contributed by atoms with Crippen molar-refractivity contribution in [2.45, 2.75) is 27.1 Å². The molecule has 0 saturated carbocycles. The Morgan fingerprint density at radius 1 is 1.19 bits per heavy atom. The van der Waals surface area contributed by atoms with Gasteiger partial charge in [-0.15, -0.1) is 15.3 Å². The molecule has 3 heterocycles. The zero-order chi connectivity index (χ0) is 19.0. The predicted molar refractivity (Wildman–Crippen MR) is 100 cm³/mol. The Labute approximate surface area is 162 Å². The van der Waals surface area contributed by atoms with Crippen molar-refractivity contribution in [1.82, 2.24) is 25.0 Å². The van der Waals surface area contributed by atoms with E-state index in [1.54, 1.807) is 10.6 Å². The molecule has 27 heavy (non-hydrogen) atoms. The Balaban J connectivity index is 1.74. The Hall–Kier alpha value is -2.78. The minimum Gasteiger partial charge on any atom is -0.472 e. The van der Waals surface area contributed by atoms with Crippen LogP contribution in [0, 0.1) is 13.8 Å². The van der Waals surface area contributed by atoms with Crippen LogP contribution in [0.2, 0.25) is 0 Å². The summed E-state index contributed by atoms with van der Waals surface area (Å²) in [5.41, 5.74) is 3.88. The highest BCUT2D eigenvalue weighted by atomic mass is 79.9. The summed E-state index contributed by atoms with van der Waals surface area (Å²) in [7, 11) is 0. The molecule has 0 unspecified atom stereocenters. The number of hydrogen-bond acceptors (Lipinski definition) is 7. The third kappa shape index (κ3) is 3.19. The first-order valence-electron chi connectivity index (χ1n) is 8.24. The van der Waals surface area contributed by atoms with Gasteiger partial charge in [0.2, 0.25) is 11.7 Å². The number of fused-ring (bicyclic) bond motifs is 1. The van der Waals surface area contributed by atoms with Crippen LogP contribution >= 0.6 is 15.9 Å². The largest absolute Gasteiger partial charge is 0.472 e. The van der Waals surface area contributed by atoms with E-state index in [9.17, 15) is 5.11 Å². The van der Waals surface area contributed by atoms with Gasteiger partial charge < -0.3 is 14.4 Å². The van der Waals surface area contributed by atoms with Gasteiger partial charge in [0.1, 0.15) is 13.2 Å². The number of aromatic nitrogens is 5. The lowest BCUT2D eigenvalue weighted by atomic mass is 10.2. The molecule has 0 fully saturated rings. The quantitative estimate of drug-likeness (QED) is 0.519. The fourth-order valence-corrected chi connectivity index (χ4v) is 3.05. The van der Waals surface area contributed by atoms with Crippen molar-refractivity contribution in [3.05, 3.63) is 57.3 Å². The fraction of sp³-hybridized carbons (Fsp3) is 0.222. The number of nitrogens with zero attached hydrogens (tertiary/aromatic N) is 5. The first kappa shape index (κ1) is 17.6. The normalized spacial score (nSPS) is 11.3. The van der Waals surface area contributed by atoms with E-state index in [-0.39, 0.29) is 6.61 Å². The van der Waals surface area contributed by atoms with Crippen molar-refractivity contribution in [2.75, 3.05) is 0 Å². The maximum absolute atomic E-state index is 9.17. The van der Waals surface area contributed by atoms with Crippen LogP contribution in [0.3, 0.4) is 0 Å². The zero-order valence-corrected chi connectivity index (χ0v) is 16.3.